The molecule has 0 aromatic heterocycles. The Bertz CT molecular complexity index is 809. The predicted molar refractivity (Wildman–Crippen MR) is 338 cm³/mol. The molecule has 0 aromatic carbocycles. The molecule has 0 radical (unpaired) electrons. The molecule has 0 aliphatic heterocycles. The summed E-state index contributed by atoms with van der Waals surface area (Å²) < 4.78 is 32.7. The van der Waals surface area contributed by atoms with Gasteiger partial charge in [0, 0.05) is 0 Å². The molecule has 0 N–H and O–H groups in total. The first kappa shape index (κ1) is 75.3. The van der Waals surface area contributed by atoms with Gasteiger partial charge in [-0.1, -0.05) is 0 Å². The molecule has 0 fully saturated rings. The van der Waals surface area contributed by atoms with E-state index in [-0.39, 0.29) is 0 Å². The van der Waals surface area contributed by atoms with Crippen LogP contribution in [0.4, 0.5) is 0 Å². The SMILES string of the molecule is CCCCCCCCP(CCCCCCCC)[O][Ti]([O]P(CCCCCCCC)CCCCCCCC)([O]P(CCCCCCCC)CCCCCCCC)[O]P(CCCCCCCC)CCCCCCCC. The van der Waals surface area contributed by atoms with Crippen LogP contribution in [0.1, 0.15) is 364 Å². The molecule has 0 amide bonds. The summed E-state index contributed by atoms with van der Waals surface area (Å²) in [5.41, 5.74) is 0. The van der Waals surface area contributed by atoms with Crippen molar-refractivity contribution in [2.75, 3.05) is 49.3 Å². The number of hydrogen-bond acceptors (Lipinski definition) is 4. The van der Waals surface area contributed by atoms with Gasteiger partial charge in [-0.15, -0.1) is 0 Å². The van der Waals surface area contributed by atoms with Crippen LogP contribution < -0.4 is 0 Å². The van der Waals surface area contributed by atoms with Gasteiger partial charge in [-0.05, 0) is 0 Å². The third-order valence-corrected chi connectivity index (χ3v) is 32.5. The molecule has 73 heavy (non-hydrogen) atoms. The molecule has 0 atom stereocenters. The molecule has 9 heteroatoms. The molecule has 0 aromatic rings. The number of hydrogen-bond donors (Lipinski definition) is 0. The van der Waals surface area contributed by atoms with Gasteiger partial charge in [-0.3, -0.25) is 0 Å². The van der Waals surface area contributed by atoms with Crippen molar-refractivity contribution in [2.24, 2.45) is 0 Å². The first-order valence-corrected chi connectivity index (χ1v) is 42.8. The summed E-state index contributed by atoms with van der Waals surface area (Å²) in [5.74, 6) is 0. The van der Waals surface area contributed by atoms with Gasteiger partial charge in [0.15, 0.2) is 0 Å². The second-order valence-corrected chi connectivity index (χ2v) is 35.9. The molecule has 4 nitrogen and oxygen atoms in total. The fourth-order valence-corrected chi connectivity index (χ4v) is 30.6. The molecular formula is C64H136O4P4Ti. The average molecular weight is 1140 g/mol. The fraction of sp³-hybridized carbons (Fsp3) is 1.00. The van der Waals surface area contributed by atoms with Crippen LogP contribution in [-0.2, 0) is 30.6 Å². The first-order valence-electron chi connectivity index (χ1n) is 33.7. The molecule has 0 spiro atoms. The average Bonchev–Trinajstić information content (AvgIpc) is 3.39. The molecule has 0 unspecified atom stereocenters. The van der Waals surface area contributed by atoms with E-state index in [9.17, 15) is 0 Å². The molecule has 0 heterocycles. The third-order valence-electron chi connectivity index (χ3n) is 15.1. The Hall–Kier alpha value is 2.27. The van der Waals surface area contributed by atoms with Crippen LogP contribution in [0.5, 0.6) is 0 Å². The molecular weight excluding hydrogens is 1000 g/mol. The summed E-state index contributed by atoms with van der Waals surface area (Å²) in [5, 5.41) is 0. The van der Waals surface area contributed by atoms with Gasteiger partial charge in [0.1, 0.15) is 0 Å². The summed E-state index contributed by atoms with van der Waals surface area (Å²) in [4.78, 5) is 0. The molecule has 0 aliphatic carbocycles. The standard InChI is InChI=1S/4C16H34OP.Ti/c4*1-3-5-7-9-11-13-15-18(17)16-14-12-10-8-6-4-2;/h4*3-16H2,1-2H3;/q4*-1;+4. The Balaban J connectivity index is 7.64. The van der Waals surface area contributed by atoms with E-state index in [1.165, 1.54) is 357 Å². The van der Waals surface area contributed by atoms with Gasteiger partial charge >= 0.3 is 476 Å². The molecule has 0 bridgehead atoms. The molecule has 440 valence electrons. The van der Waals surface area contributed by atoms with Crippen molar-refractivity contribution >= 4 is 32.6 Å². The van der Waals surface area contributed by atoms with E-state index in [2.05, 4.69) is 55.4 Å². The summed E-state index contributed by atoms with van der Waals surface area (Å²) >= 11 is -4.36. The first-order chi connectivity index (χ1) is 36.0. The molecule has 0 aliphatic rings. The van der Waals surface area contributed by atoms with Crippen molar-refractivity contribution in [1.82, 2.24) is 0 Å². The second kappa shape index (κ2) is 61.9. The Morgan fingerprint density at radius 2 is 0.274 bits per heavy atom. The zero-order valence-electron chi connectivity index (χ0n) is 51.5. The summed E-state index contributed by atoms with van der Waals surface area (Å²) in [6, 6.07) is 0. The Morgan fingerprint density at radius 1 is 0.164 bits per heavy atom. The molecule has 0 saturated carbocycles. The maximum absolute atomic E-state index is 8.18. The quantitative estimate of drug-likeness (QED) is 0.0346. The molecule has 0 saturated heterocycles. The Kier molecular flexibility index (Phi) is 63.8. The van der Waals surface area contributed by atoms with Gasteiger partial charge in [0.05, 0.1) is 0 Å². The van der Waals surface area contributed by atoms with Crippen molar-refractivity contribution in [3.8, 4) is 0 Å². The zero-order chi connectivity index (χ0) is 53.2. The Morgan fingerprint density at radius 3 is 0.397 bits per heavy atom. The second-order valence-electron chi connectivity index (χ2n) is 22.7. The Labute approximate surface area is 473 Å². The topological polar surface area (TPSA) is 36.9 Å². The predicted octanol–water partition coefficient (Wildman–Crippen LogP) is 26.3. The minimum absolute atomic E-state index is 0.688. The fourth-order valence-electron chi connectivity index (χ4n) is 10.1. The van der Waals surface area contributed by atoms with E-state index in [0.717, 1.165) is 0 Å². The van der Waals surface area contributed by atoms with Crippen LogP contribution in [0.15, 0.2) is 0 Å². The summed E-state index contributed by atoms with van der Waals surface area (Å²) in [7, 11) is -2.75. The van der Waals surface area contributed by atoms with Crippen LogP contribution in [0.2, 0.25) is 0 Å². The zero-order valence-corrected chi connectivity index (χ0v) is 56.7. The normalized spacial score (nSPS) is 12.3. The van der Waals surface area contributed by atoms with Crippen LogP contribution in [-0.4, -0.2) is 49.3 Å². The van der Waals surface area contributed by atoms with Gasteiger partial charge in [-0.2, -0.15) is 0 Å². The van der Waals surface area contributed by atoms with Crippen molar-refractivity contribution < 1.29 is 30.6 Å². The van der Waals surface area contributed by atoms with Gasteiger partial charge in [0.25, 0.3) is 0 Å². The molecule has 0 rings (SSSR count). The van der Waals surface area contributed by atoms with Crippen molar-refractivity contribution in [2.45, 2.75) is 364 Å². The van der Waals surface area contributed by atoms with Crippen molar-refractivity contribution in [3.05, 3.63) is 0 Å². The number of unbranched alkanes of at least 4 members (excludes halogenated alkanes) is 40. The summed E-state index contributed by atoms with van der Waals surface area (Å²) in [6.45, 7) is 18.8. The maximum atomic E-state index is 8.18. The van der Waals surface area contributed by atoms with E-state index in [4.69, 9.17) is 12.4 Å². The van der Waals surface area contributed by atoms with E-state index in [0.29, 0.717) is 0 Å². The third kappa shape index (κ3) is 52.1. The van der Waals surface area contributed by atoms with Crippen LogP contribution >= 0.6 is 32.6 Å². The van der Waals surface area contributed by atoms with Crippen molar-refractivity contribution in [3.63, 3.8) is 0 Å². The van der Waals surface area contributed by atoms with Crippen LogP contribution in [0, 0.1) is 0 Å². The van der Waals surface area contributed by atoms with E-state index in [1.807, 2.05) is 0 Å². The van der Waals surface area contributed by atoms with Crippen molar-refractivity contribution in [1.29, 1.82) is 0 Å². The summed E-state index contributed by atoms with van der Waals surface area (Å²) in [6.07, 6.45) is 74.4. The van der Waals surface area contributed by atoms with E-state index >= 15 is 0 Å². The van der Waals surface area contributed by atoms with Gasteiger partial charge in [-0.25, -0.2) is 0 Å². The number of rotatable bonds is 64. The minimum atomic E-state index is -4.36. The van der Waals surface area contributed by atoms with E-state index < -0.39 is 50.7 Å². The van der Waals surface area contributed by atoms with Gasteiger partial charge < -0.3 is 0 Å². The van der Waals surface area contributed by atoms with Gasteiger partial charge in [0.2, 0.25) is 0 Å². The van der Waals surface area contributed by atoms with E-state index in [1.54, 1.807) is 0 Å². The monoisotopic (exact) mass is 1140 g/mol. The van der Waals surface area contributed by atoms with Crippen LogP contribution in [0.25, 0.3) is 0 Å². The van der Waals surface area contributed by atoms with Crippen LogP contribution in [0.3, 0.4) is 0 Å².